The van der Waals surface area contributed by atoms with Gasteiger partial charge in [-0.15, -0.1) is 0 Å². The number of hydrogen-bond acceptors (Lipinski definition) is 5. The zero-order chi connectivity index (χ0) is 10.9. The second-order valence-electron chi connectivity index (χ2n) is 2.52. The molecule has 0 spiro atoms. The van der Waals surface area contributed by atoms with Gasteiger partial charge in [0, 0.05) is 6.20 Å². The van der Waals surface area contributed by atoms with Crippen LogP contribution in [0.2, 0.25) is 4.47 Å². The number of nitrogens with one attached hydrogen (secondary N) is 2. The minimum atomic E-state index is -3.60. The number of hydrogen-bond donors (Lipinski definition) is 2. The van der Waals surface area contributed by atoms with Crippen molar-refractivity contribution >= 4 is 38.6 Å². The molecule has 0 fully saturated rings. The SMILES string of the molecule is O=S(=O)(Nc1cn[nH]c1)c1cnc(Cl)s1. The molecule has 2 rings (SSSR count). The van der Waals surface area contributed by atoms with Gasteiger partial charge in [0.2, 0.25) is 0 Å². The van der Waals surface area contributed by atoms with Crippen LogP contribution < -0.4 is 4.72 Å². The zero-order valence-electron chi connectivity index (χ0n) is 7.14. The highest BCUT2D eigenvalue weighted by Gasteiger charge is 2.17. The van der Waals surface area contributed by atoms with Gasteiger partial charge in [0.25, 0.3) is 10.0 Å². The molecular formula is C6H5ClN4O2S2. The van der Waals surface area contributed by atoms with Gasteiger partial charge in [0.1, 0.15) is 0 Å². The first-order chi connectivity index (χ1) is 7.08. The predicted molar refractivity (Wildman–Crippen MR) is 56.5 cm³/mol. The maximum atomic E-state index is 11.7. The molecule has 9 heteroatoms. The van der Waals surface area contributed by atoms with Crippen molar-refractivity contribution in [2.24, 2.45) is 0 Å². The average Bonchev–Trinajstić information content (AvgIpc) is 2.75. The Hall–Kier alpha value is -1.12. The van der Waals surface area contributed by atoms with Crippen molar-refractivity contribution in [3.05, 3.63) is 23.1 Å². The summed E-state index contributed by atoms with van der Waals surface area (Å²) in [6.45, 7) is 0. The Morgan fingerprint density at radius 2 is 2.27 bits per heavy atom. The highest BCUT2D eigenvalue weighted by Crippen LogP contribution is 2.24. The van der Waals surface area contributed by atoms with Crippen LogP contribution >= 0.6 is 22.9 Å². The largest absolute Gasteiger partial charge is 0.284 e. The van der Waals surface area contributed by atoms with Crippen molar-refractivity contribution in [3.63, 3.8) is 0 Å². The highest BCUT2D eigenvalue weighted by molar-refractivity contribution is 7.94. The third-order valence-corrected chi connectivity index (χ3v) is 4.43. The molecule has 2 aromatic heterocycles. The Kier molecular flexibility index (Phi) is 2.63. The van der Waals surface area contributed by atoms with Crippen LogP contribution in [0.4, 0.5) is 5.69 Å². The third-order valence-electron chi connectivity index (χ3n) is 1.47. The molecule has 2 heterocycles. The molecule has 0 amide bonds. The van der Waals surface area contributed by atoms with E-state index in [0.29, 0.717) is 5.69 Å². The van der Waals surface area contributed by atoms with Crippen LogP contribution in [0.1, 0.15) is 0 Å². The summed E-state index contributed by atoms with van der Waals surface area (Å²) < 4.78 is 25.9. The van der Waals surface area contributed by atoms with E-state index in [2.05, 4.69) is 19.9 Å². The van der Waals surface area contributed by atoms with Crippen molar-refractivity contribution < 1.29 is 8.42 Å². The molecule has 2 aromatic rings. The van der Waals surface area contributed by atoms with Crippen LogP contribution in [-0.4, -0.2) is 23.6 Å². The molecule has 2 N–H and O–H groups in total. The summed E-state index contributed by atoms with van der Waals surface area (Å²) in [5.41, 5.74) is 0.361. The van der Waals surface area contributed by atoms with Crippen molar-refractivity contribution in [1.29, 1.82) is 0 Å². The quantitative estimate of drug-likeness (QED) is 0.875. The van der Waals surface area contributed by atoms with Crippen LogP contribution in [0.25, 0.3) is 0 Å². The fourth-order valence-corrected chi connectivity index (χ4v) is 3.20. The van der Waals surface area contributed by atoms with E-state index in [9.17, 15) is 8.42 Å². The molecule has 0 aliphatic carbocycles. The first-order valence-corrected chi connectivity index (χ1v) is 6.38. The number of nitrogens with zero attached hydrogens (tertiary/aromatic N) is 2. The van der Waals surface area contributed by atoms with Crippen molar-refractivity contribution in [3.8, 4) is 0 Å². The van der Waals surface area contributed by atoms with Crippen LogP contribution in [0.15, 0.2) is 22.8 Å². The van der Waals surface area contributed by atoms with E-state index in [1.165, 1.54) is 18.6 Å². The molecule has 15 heavy (non-hydrogen) atoms. The topological polar surface area (TPSA) is 87.7 Å². The number of H-pyrrole nitrogens is 1. The Morgan fingerprint density at radius 3 is 2.80 bits per heavy atom. The average molecular weight is 265 g/mol. The Balaban J connectivity index is 2.28. The van der Waals surface area contributed by atoms with Gasteiger partial charge in [-0.05, 0) is 0 Å². The molecule has 6 nitrogen and oxygen atoms in total. The molecule has 0 unspecified atom stereocenters. The van der Waals surface area contributed by atoms with Gasteiger partial charge in [-0.25, -0.2) is 13.4 Å². The second-order valence-corrected chi connectivity index (χ2v) is 6.05. The predicted octanol–water partition coefficient (Wildman–Crippen LogP) is 1.32. The fourth-order valence-electron chi connectivity index (χ4n) is 0.876. The van der Waals surface area contributed by atoms with Crippen LogP contribution in [0.3, 0.4) is 0 Å². The van der Waals surface area contributed by atoms with Gasteiger partial charge in [-0.1, -0.05) is 22.9 Å². The minimum Gasteiger partial charge on any atom is -0.284 e. The van der Waals surface area contributed by atoms with Crippen molar-refractivity contribution in [2.75, 3.05) is 4.72 Å². The highest BCUT2D eigenvalue weighted by atomic mass is 35.5. The van der Waals surface area contributed by atoms with Crippen LogP contribution in [0.5, 0.6) is 0 Å². The smallest absolute Gasteiger partial charge is 0.273 e. The molecular weight excluding hydrogens is 260 g/mol. The lowest BCUT2D eigenvalue weighted by molar-refractivity contribution is 0.603. The summed E-state index contributed by atoms with van der Waals surface area (Å²) in [7, 11) is -3.60. The van der Waals surface area contributed by atoms with Crippen LogP contribution in [-0.2, 0) is 10.0 Å². The monoisotopic (exact) mass is 264 g/mol. The molecule has 0 bridgehead atoms. The summed E-state index contributed by atoms with van der Waals surface area (Å²) in [4.78, 5) is 3.65. The molecule has 0 radical (unpaired) electrons. The second kappa shape index (κ2) is 3.80. The first kappa shape index (κ1) is 10.4. The van der Waals surface area contributed by atoms with Crippen molar-refractivity contribution in [2.45, 2.75) is 4.21 Å². The number of aromatic amines is 1. The van der Waals surface area contributed by atoms with Gasteiger partial charge < -0.3 is 0 Å². The van der Waals surface area contributed by atoms with Gasteiger partial charge in [0.15, 0.2) is 8.68 Å². The van der Waals surface area contributed by atoms with E-state index in [1.807, 2.05) is 0 Å². The number of rotatable bonds is 3. The van der Waals surface area contributed by atoms with Crippen LogP contribution in [0, 0.1) is 0 Å². The lowest BCUT2D eigenvalue weighted by Gasteiger charge is -2.00. The Morgan fingerprint density at radius 1 is 1.47 bits per heavy atom. The zero-order valence-corrected chi connectivity index (χ0v) is 9.53. The van der Waals surface area contributed by atoms with E-state index < -0.39 is 10.0 Å². The van der Waals surface area contributed by atoms with Gasteiger partial charge in [-0.3, -0.25) is 9.82 Å². The van der Waals surface area contributed by atoms with Crippen molar-refractivity contribution in [1.82, 2.24) is 15.2 Å². The number of halogens is 1. The number of thiazole rings is 1. The minimum absolute atomic E-state index is 0.0636. The molecule has 0 aliphatic rings. The van der Waals surface area contributed by atoms with E-state index in [1.54, 1.807) is 0 Å². The lowest BCUT2D eigenvalue weighted by Crippen LogP contribution is -2.10. The molecule has 0 aliphatic heterocycles. The molecule has 0 aromatic carbocycles. The Bertz CT molecular complexity index is 547. The normalized spacial score (nSPS) is 11.5. The first-order valence-electron chi connectivity index (χ1n) is 3.71. The number of anilines is 1. The Labute approximate surface area is 94.4 Å². The maximum absolute atomic E-state index is 11.7. The summed E-state index contributed by atoms with van der Waals surface area (Å²) in [5, 5.41) is 6.11. The standard InChI is InChI=1S/C6H5ClN4O2S2/c7-6-8-3-5(14-6)15(12,13)11-4-1-9-10-2-4/h1-3,11H,(H,9,10). The summed E-state index contributed by atoms with van der Waals surface area (Å²) in [6.07, 6.45) is 4.00. The van der Waals surface area contributed by atoms with Gasteiger partial charge in [0.05, 0.1) is 18.1 Å². The lowest BCUT2D eigenvalue weighted by atomic mass is 10.6. The molecule has 0 saturated heterocycles. The van der Waals surface area contributed by atoms with E-state index >= 15 is 0 Å². The number of aromatic nitrogens is 3. The van der Waals surface area contributed by atoms with Gasteiger partial charge >= 0.3 is 0 Å². The van der Waals surface area contributed by atoms with E-state index in [-0.39, 0.29) is 8.68 Å². The van der Waals surface area contributed by atoms with E-state index in [4.69, 9.17) is 11.6 Å². The summed E-state index contributed by atoms with van der Waals surface area (Å²) >= 11 is 6.43. The molecule has 0 atom stereocenters. The summed E-state index contributed by atoms with van der Waals surface area (Å²) in [5.74, 6) is 0. The van der Waals surface area contributed by atoms with Gasteiger partial charge in [-0.2, -0.15) is 5.10 Å². The fraction of sp³-hybridized carbons (Fsp3) is 0. The third kappa shape index (κ3) is 2.28. The molecule has 80 valence electrons. The number of sulfonamides is 1. The maximum Gasteiger partial charge on any atom is 0.273 e. The summed E-state index contributed by atoms with van der Waals surface area (Å²) in [6, 6.07) is 0. The van der Waals surface area contributed by atoms with E-state index in [0.717, 1.165) is 11.3 Å². The molecule has 0 saturated carbocycles.